The van der Waals surface area contributed by atoms with E-state index in [0.29, 0.717) is 12.3 Å². The minimum atomic E-state index is -0.541. The molecule has 1 saturated carbocycles. The first-order valence-corrected chi connectivity index (χ1v) is 8.74. The highest BCUT2D eigenvalue weighted by Crippen LogP contribution is 2.62. The molecule has 0 spiro atoms. The van der Waals surface area contributed by atoms with Crippen LogP contribution in [0.3, 0.4) is 0 Å². The van der Waals surface area contributed by atoms with Crippen LogP contribution in [0.15, 0.2) is 23.8 Å². The number of carbonyl (C=O) groups is 1. The fourth-order valence-electron chi connectivity index (χ4n) is 5.81. The van der Waals surface area contributed by atoms with Gasteiger partial charge in [-0.1, -0.05) is 40.2 Å². The van der Waals surface area contributed by atoms with E-state index in [2.05, 4.69) is 27.4 Å². The number of Topliss-reactive ketones (excluding diaryl/α,β-unsaturated/α-hetero) is 1. The monoisotopic (exact) mass is 302 g/mol. The fraction of sp³-hybridized carbons (Fsp3) is 0.750. The van der Waals surface area contributed by atoms with Gasteiger partial charge in [0.15, 0.2) is 5.78 Å². The Morgan fingerprint density at radius 2 is 1.91 bits per heavy atom. The molecule has 0 unspecified atom stereocenters. The summed E-state index contributed by atoms with van der Waals surface area (Å²) in [5.41, 5.74) is 1.76. The van der Waals surface area contributed by atoms with Crippen molar-refractivity contribution in [3.8, 4) is 0 Å². The van der Waals surface area contributed by atoms with E-state index in [4.69, 9.17) is 0 Å². The molecule has 0 saturated heterocycles. The number of aliphatic hydroxyl groups is 1. The molecule has 2 heteroatoms. The summed E-state index contributed by atoms with van der Waals surface area (Å²) >= 11 is 0. The molecular formula is C20H30O2. The summed E-state index contributed by atoms with van der Waals surface area (Å²) < 4.78 is 0. The largest absolute Gasteiger partial charge is 0.388 e. The summed E-state index contributed by atoms with van der Waals surface area (Å²) in [4.78, 5) is 13.0. The van der Waals surface area contributed by atoms with Gasteiger partial charge in [-0.3, -0.25) is 4.79 Å². The van der Waals surface area contributed by atoms with Crippen molar-refractivity contribution in [3.63, 3.8) is 0 Å². The lowest BCUT2D eigenvalue weighted by molar-refractivity contribution is -0.123. The summed E-state index contributed by atoms with van der Waals surface area (Å²) in [6.45, 7) is 12.8. The van der Waals surface area contributed by atoms with Gasteiger partial charge in [0, 0.05) is 17.4 Å². The van der Waals surface area contributed by atoms with E-state index < -0.39 is 11.5 Å². The van der Waals surface area contributed by atoms with Crippen molar-refractivity contribution < 1.29 is 9.90 Å². The molecule has 0 aliphatic heterocycles. The van der Waals surface area contributed by atoms with Crippen LogP contribution in [0.25, 0.3) is 0 Å². The number of carbonyl (C=O) groups excluding carboxylic acids is 1. The minimum Gasteiger partial charge on any atom is -0.388 e. The van der Waals surface area contributed by atoms with E-state index in [9.17, 15) is 9.90 Å². The molecule has 2 nitrogen and oxygen atoms in total. The molecule has 0 aromatic carbocycles. The Balaban J connectivity index is 2.13. The van der Waals surface area contributed by atoms with Gasteiger partial charge in [0.05, 0.1) is 6.10 Å². The Morgan fingerprint density at radius 1 is 1.23 bits per heavy atom. The third-order valence-corrected chi connectivity index (χ3v) is 7.07. The van der Waals surface area contributed by atoms with E-state index in [1.165, 1.54) is 12.8 Å². The molecule has 0 amide bonds. The summed E-state index contributed by atoms with van der Waals surface area (Å²) in [5.74, 6) is 0.810. The maximum atomic E-state index is 13.0. The van der Waals surface area contributed by atoms with Crippen LogP contribution in [0, 0.1) is 22.2 Å². The van der Waals surface area contributed by atoms with E-state index in [-0.39, 0.29) is 16.6 Å². The molecule has 0 bridgehead atoms. The van der Waals surface area contributed by atoms with Gasteiger partial charge in [-0.2, -0.15) is 0 Å². The van der Waals surface area contributed by atoms with Crippen molar-refractivity contribution in [2.45, 2.75) is 72.3 Å². The van der Waals surface area contributed by atoms with Crippen LogP contribution in [0.1, 0.15) is 66.2 Å². The highest BCUT2D eigenvalue weighted by molar-refractivity contribution is 5.99. The maximum Gasteiger partial charge on any atom is 0.160 e. The zero-order chi connectivity index (χ0) is 16.3. The fourth-order valence-corrected chi connectivity index (χ4v) is 5.81. The first-order chi connectivity index (χ1) is 10.2. The molecule has 0 radical (unpaired) electrons. The number of fused-ring (bicyclic) bond motifs is 2. The molecule has 122 valence electrons. The standard InChI is InChI=1S/C20H30O2/c1-6-19(4)12-14(21)16-13(17(19)22)8-9-15-18(2,3)10-7-11-20(15,16)5/h6,15,17,22H,1,7-12H2,2-5H3/t15-,17+,19-,20-/m0/s1. The number of hydrogen-bond acceptors (Lipinski definition) is 2. The second kappa shape index (κ2) is 4.80. The number of rotatable bonds is 1. The third kappa shape index (κ3) is 1.99. The zero-order valence-corrected chi connectivity index (χ0v) is 14.5. The average molecular weight is 302 g/mol. The van der Waals surface area contributed by atoms with Crippen molar-refractivity contribution in [1.82, 2.24) is 0 Å². The molecule has 3 aliphatic carbocycles. The predicted molar refractivity (Wildman–Crippen MR) is 89.4 cm³/mol. The highest BCUT2D eigenvalue weighted by atomic mass is 16.3. The summed E-state index contributed by atoms with van der Waals surface area (Å²) in [7, 11) is 0. The Hall–Kier alpha value is -0.890. The normalized spacial score (nSPS) is 44.3. The van der Waals surface area contributed by atoms with Crippen molar-refractivity contribution >= 4 is 5.78 Å². The molecular weight excluding hydrogens is 272 g/mol. The van der Waals surface area contributed by atoms with Crippen LogP contribution in [-0.2, 0) is 4.79 Å². The van der Waals surface area contributed by atoms with E-state index in [1.54, 1.807) is 6.08 Å². The molecule has 0 aromatic heterocycles. The number of aliphatic hydroxyl groups excluding tert-OH is 1. The summed E-state index contributed by atoms with van der Waals surface area (Å²) in [6, 6.07) is 0. The molecule has 3 aliphatic rings. The van der Waals surface area contributed by atoms with Crippen LogP contribution in [0.5, 0.6) is 0 Å². The molecule has 3 rings (SSSR count). The van der Waals surface area contributed by atoms with Crippen LogP contribution in [-0.4, -0.2) is 17.0 Å². The lowest BCUT2D eigenvalue weighted by Crippen LogP contribution is -2.52. The first kappa shape index (κ1) is 16.0. The number of allylic oxidation sites excluding steroid dienone is 1. The third-order valence-electron chi connectivity index (χ3n) is 7.07. The minimum absolute atomic E-state index is 0.0457. The number of hydrogen-bond donors (Lipinski definition) is 1. The average Bonchev–Trinajstić information content (AvgIpc) is 2.43. The number of ketones is 1. The van der Waals surface area contributed by atoms with Crippen LogP contribution >= 0.6 is 0 Å². The predicted octanol–water partition coefficient (Wildman–Crippen LogP) is 4.44. The Bertz CT molecular complexity index is 556. The Labute approximate surface area is 134 Å². The lowest BCUT2D eigenvalue weighted by atomic mass is 9.47. The van der Waals surface area contributed by atoms with Crippen molar-refractivity contribution in [2.24, 2.45) is 22.2 Å². The van der Waals surface area contributed by atoms with Gasteiger partial charge in [0.2, 0.25) is 0 Å². The SMILES string of the molecule is C=C[C@@]1(C)CC(=O)C2=C(CC[C@H]3C(C)(C)CCC[C@]23C)[C@H]1O. The topological polar surface area (TPSA) is 37.3 Å². The van der Waals surface area contributed by atoms with Crippen LogP contribution < -0.4 is 0 Å². The summed E-state index contributed by atoms with van der Waals surface area (Å²) in [5, 5.41) is 10.9. The van der Waals surface area contributed by atoms with Crippen molar-refractivity contribution in [2.75, 3.05) is 0 Å². The van der Waals surface area contributed by atoms with Gasteiger partial charge in [0.25, 0.3) is 0 Å². The zero-order valence-electron chi connectivity index (χ0n) is 14.5. The van der Waals surface area contributed by atoms with Crippen molar-refractivity contribution in [1.29, 1.82) is 0 Å². The van der Waals surface area contributed by atoms with Gasteiger partial charge in [-0.25, -0.2) is 0 Å². The van der Waals surface area contributed by atoms with Crippen LogP contribution in [0.2, 0.25) is 0 Å². The van der Waals surface area contributed by atoms with Gasteiger partial charge in [0.1, 0.15) is 0 Å². The molecule has 22 heavy (non-hydrogen) atoms. The Morgan fingerprint density at radius 3 is 2.55 bits per heavy atom. The highest BCUT2D eigenvalue weighted by Gasteiger charge is 2.56. The van der Waals surface area contributed by atoms with E-state index in [0.717, 1.165) is 30.4 Å². The van der Waals surface area contributed by atoms with E-state index >= 15 is 0 Å². The lowest BCUT2D eigenvalue weighted by Gasteiger charge is -2.57. The van der Waals surface area contributed by atoms with Gasteiger partial charge < -0.3 is 5.11 Å². The molecule has 0 heterocycles. The van der Waals surface area contributed by atoms with Crippen LogP contribution in [0.4, 0.5) is 0 Å². The quantitative estimate of drug-likeness (QED) is 0.727. The van der Waals surface area contributed by atoms with Gasteiger partial charge >= 0.3 is 0 Å². The Kier molecular flexibility index (Phi) is 3.49. The van der Waals surface area contributed by atoms with Gasteiger partial charge in [-0.15, -0.1) is 6.58 Å². The maximum absolute atomic E-state index is 13.0. The summed E-state index contributed by atoms with van der Waals surface area (Å²) in [6.07, 6.45) is 7.12. The van der Waals surface area contributed by atoms with Crippen molar-refractivity contribution in [3.05, 3.63) is 23.8 Å². The molecule has 4 atom stereocenters. The van der Waals surface area contributed by atoms with Gasteiger partial charge in [-0.05, 0) is 48.0 Å². The first-order valence-electron chi connectivity index (χ1n) is 8.74. The van der Waals surface area contributed by atoms with E-state index in [1.807, 2.05) is 6.92 Å². The molecule has 1 N–H and O–H groups in total. The molecule has 0 aromatic rings. The second-order valence-corrected chi connectivity index (χ2v) is 8.96. The molecule has 1 fully saturated rings. The smallest absolute Gasteiger partial charge is 0.160 e. The second-order valence-electron chi connectivity index (χ2n) is 8.96.